The maximum absolute atomic E-state index is 5.85. The topological polar surface area (TPSA) is 25.8 Å². The van der Waals surface area contributed by atoms with Gasteiger partial charge < -0.3 is 0 Å². The van der Waals surface area contributed by atoms with Gasteiger partial charge in [0.2, 0.25) is 0 Å². The SMILES string of the molecule is Cc1nc(Br)nc2cc(Cl)ccc12. The van der Waals surface area contributed by atoms with Gasteiger partial charge in [-0.1, -0.05) is 11.6 Å². The summed E-state index contributed by atoms with van der Waals surface area (Å²) in [5.41, 5.74) is 1.82. The molecule has 0 saturated carbocycles. The van der Waals surface area contributed by atoms with Gasteiger partial charge in [0.05, 0.1) is 5.52 Å². The highest BCUT2D eigenvalue weighted by Crippen LogP contribution is 2.20. The Kier molecular flexibility index (Phi) is 2.22. The predicted molar refractivity (Wildman–Crippen MR) is 57.0 cm³/mol. The molecule has 1 aromatic carbocycles. The van der Waals surface area contributed by atoms with Crippen LogP contribution in [0, 0.1) is 6.92 Å². The van der Waals surface area contributed by atoms with Crippen LogP contribution in [0.15, 0.2) is 22.9 Å². The normalized spacial score (nSPS) is 10.7. The number of rotatable bonds is 0. The Morgan fingerprint density at radius 3 is 2.85 bits per heavy atom. The molecule has 0 amide bonds. The first kappa shape index (κ1) is 8.91. The highest BCUT2D eigenvalue weighted by atomic mass is 79.9. The second-order valence-electron chi connectivity index (χ2n) is 2.74. The smallest absolute Gasteiger partial charge is 0.197 e. The van der Waals surface area contributed by atoms with Crippen LogP contribution in [-0.4, -0.2) is 9.97 Å². The van der Waals surface area contributed by atoms with E-state index in [0.717, 1.165) is 16.6 Å². The van der Waals surface area contributed by atoms with Gasteiger partial charge in [-0.3, -0.25) is 0 Å². The van der Waals surface area contributed by atoms with E-state index in [0.29, 0.717) is 9.76 Å². The minimum Gasteiger partial charge on any atom is -0.227 e. The Hall–Kier alpha value is -0.670. The van der Waals surface area contributed by atoms with E-state index in [1.54, 1.807) is 0 Å². The van der Waals surface area contributed by atoms with Crippen molar-refractivity contribution in [1.29, 1.82) is 0 Å². The number of benzene rings is 1. The van der Waals surface area contributed by atoms with E-state index < -0.39 is 0 Å². The molecule has 0 saturated heterocycles. The highest BCUT2D eigenvalue weighted by Gasteiger charge is 2.02. The number of aryl methyl sites for hydroxylation is 1. The average molecular weight is 258 g/mol. The van der Waals surface area contributed by atoms with Crippen molar-refractivity contribution in [3.8, 4) is 0 Å². The van der Waals surface area contributed by atoms with E-state index in [4.69, 9.17) is 11.6 Å². The van der Waals surface area contributed by atoms with E-state index in [1.165, 1.54) is 0 Å². The van der Waals surface area contributed by atoms with Gasteiger partial charge in [-0.15, -0.1) is 0 Å². The Balaban J connectivity index is 2.86. The quantitative estimate of drug-likeness (QED) is 0.676. The van der Waals surface area contributed by atoms with Gasteiger partial charge >= 0.3 is 0 Å². The van der Waals surface area contributed by atoms with Gasteiger partial charge in [-0.05, 0) is 41.1 Å². The number of hydrogen-bond donors (Lipinski definition) is 0. The summed E-state index contributed by atoms with van der Waals surface area (Å²) in [4.78, 5) is 8.41. The van der Waals surface area contributed by atoms with Gasteiger partial charge in [0, 0.05) is 16.1 Å². The van der Waals surface area contributed by atoms with Crippen molar-refractivity contribution in [3.05, 3.63) is 33.6 Å². The lowest BCUT2D eigenvalue weighted by Gasteiger charge is -2.01. The van der Waals surface area contributed by atoms with E-state index in [9.17, 15) is 0 Å². The van der Waals surface area contributed by atoms with E-state index in [-0.39, 0.29) is 0 Å². The van der Waals surface area contributed by atoms with Crippen molar-refractivity contribution in [3.63, 3.8) is 0 Å². The third kappa shape index (κ3) is 1.67. The molecule has 2 nitrogen and oxygen atoms in total. The minimum atomic E-state index is 0.597. The van der Waals surface area contributed by atoms with E-state index in [2.05, 4.69) is 25.9 Å². The fourth-order valence-electron chi connectivity index (χ4n) is 1.23. The zero-order valence-electron chi connectivity index (χ0n) is 6.88. The van der Waals surface area contributed by atoms with Crippen LogP contribution in [0.1, 0.15) is 5.69 Å². The van der Waals surface area contributed by atoms with Gasteiger partial charge in [0.15, 0.2) is 4.73 Å². The van der Waals surface area contributed by atoms with Gasteiger partial charge in [-0.25, -0.2) is 9.97 Å². The van der Waals surface area contributed by atoms with Crippen molar-refractivity contribution in [1.82, 2.24) is 9.97 Å². The summed E-state index contributed by atoms with van der Waals surface area (Å²) >= 11 is 9.09. The van der Waals surface area contributed by atoms with Crippen molar-refractivity contribution >= 4 is 38.4 Å². The van der Waals surface area contributed by atoms with Crippen molar-refractivity contribution < 1.29 is 0 Å². The monoisotopic (exact) mass is 256 g/mol. The van der Waals surface area contributed by atoms with Crippen LogP contribution in [-0.2, 0) is 0 Å². The summed E-state index contributed by atoms with van der Waals surface area (Å²) < 4.78 is 0.597. The molecule has 0 aliphatic carbocycles. The second-order valence-corrected chi connectivity index (χ2v) is 3.89. The van der Waals surface area contributed by atoms with Crippen LogP contribution in [0.5, 0.6) is 0 Å². The molecule has 66 valence electrons. The molecule has 4 heteroatoms. The van der Waals surface area contributed by atoms with Crippen LogP contribution in [0.3, 0.4) is 0 Å². The number of halogens is 2. The van der Waals surface area contributed by atoms with Crippen LogP contribution >= 0.6 is 27.5 Å². The lowest BCUT2D eigenvalue weighted by atomic mass is 10.2. The first-order valence-electron chi connectivity index (χ1n) is 3.76. The molecule has 1 heterocycles. The molecule has 1 aromatic heterocycles. The first-order chi connectivity index (χ1) is 6.16. The molecule has 0 spiro atoms. The van der Waals surface area contributed by atoms with Gasteiger partial charge in [-0.2, -0.15) is 0 Å². The lowest BCUT2D eigenvalue weighted by molar-refractivity contribution is 1.10. The Morgan fingerprint density at radius 1 is 1.31 bits per heavy atom. The summed E-state index contributed by atoms with van der Waals surface area (Å²) in [6.45, 7) is 1.95. The first-order valence-corrected chi connectivity index (χ1v) is 4.93. The molecular weight excluding hydrogens is 251 g/mol. The summed E-state index contributed by atoms with van der Waals surface area (Å²) in [6.07, 6.45) is 0. The molecule has 2 aromatic rings. The molecule has 0 aliphatic heterocycles. The molecule has 0 radical (unpaired) electrons. The molecule has 0 unspecified atom stereocenters. The van der Waals surface area contributed by atoms with Crippen molar-refractivity contribution in [2.75, 3.05) is 0 Å². The van der Waals surface area contributed by atoms with Crippen LogP contribution in [0.4, 0.5) is 0 Å². The number of aromatic nitrogens is 2. The third-order valence-corrected chi connectivity index (χ3v) is 2.41. The minimum absolute atomic E-state index is 0.597. The summed E-state index contributed by atoms with van der Waals surface area (Å²) in [7, 11) is 0. The number of nitrogens with zero attached hydrogens (tertiary/aromatic N) is 2. The summed E-state index contributed by atoms with van der Waals surface area (Å²) in [6, 6.07) is 5.60. The zero-order valence-corrected chi connectivity index (χ0v) is 9.22. The van der Waals surface area contributed by atoms with Crippen LogP contribution in [0.2, 0.25) is 5.02 Å². The molecule has 0 atom stereocenters. The van der Waals surface area contributed by atoms with Crippen LogP contribution in [0.25, 0.3) is 10.9 Å². The van der Waals surface area contributed by atoms with E-state index >= 15 is 0 Å². The zero-order chi connectivity index (χ0) is 9.42. The number of fused-ring (bicyclic) bond motifs is 1. The predicted octanol–water partition coefficient (Wildman–Crippen LogP) is 3.35. The fraction of sp³-hybridized carbons (Fsp3) is 0.111. The van der Waals surface area contributed by atoms with Crippen molar-refractivity contribution in [2.45, 2.75) is 6.92 Å². The maximum atomic E-state index is 5.85. The Bertz CT molecular complexity index is 465. The molecule has 0 fully saturated rings. The van der Waals surface area contributed by atoms with Gasteiger partial charge in [0.25, 0.3) is 0 Å². The Morgan fingerprint density at radius 2 is 2.08 bits per heavy atom. The van der Waals surface area contributed by atoms with Crippen molar-refractivity contribution in [2.24, 2.45) is 0 Å². The number of hydrogen-bond acceptors (Lipinski definition) is 2. The van der Waals surface area contributed by atoms with E-state index in [1.807, 2.05) is 25.1 Å². The van der Waals surface area contributed by atoms with Gasteiger partial charge in [0.1, 0.15) is 0 Å². The fourth-order valence-corrected chi connectivity index (χ4v) is 1.85. The molecule has 0 bridgehead atoms. The highest BCUT2D eigenvalue weighted by molar-refractivity contribution is 9.10. The summed E-state index contributed by atoms with van der Waals surface area (Å²) in [5, 5.41) is 1.73. The van der Waals surface area contributed by atoms with Crippen LogP contribution < -0.4 is 0 Å². The molecule has 0 aliphatic rings. The maximum Gasteiger partial charge on any atom is 0.197 e. The third-order valence-electron chi connectivity index (χ3n) is 1.82. The average Bonchev–Trinajstić information content (AvgIpc) is 2.02. The molecule has 13 heavy (non-hydrogen) atoms. The molecule has 0 N–H and O–H groups in total. The Labute approximate surface area is 89.1 Å². The standard InChI is InChI=1S/C9H6BrClN2/c1-5-7-3-2-6(11)4-8(7)13-9(10)12-5/h2-4H,1H3. The second kappa shape index (κ2) is 3.24. The largest absolute Gasteiger partial charge is 0.227 e. The lowest BCUT2D eigenvalue weighted by Crippen LogP contribution is -1.89. The molecule has 2 rings (SSSR count). The molecular formula is C9H6BrClN2. The summed E-state index contributed by atoms with van der Waals surface area (Å²) in [5.74, 6) is 0.